The van der Waals surface area contributed by atoms with Gasteiger partial charge in [-0.05, 0) is 61.1 Å². The van der Waals surface area contributed by atoms with E-state index >= 15 is 0 Å². The molecule has 0 radical (unpaired) electrons. The maximum absolute atomic E-state index is 13.2. The molecule has 2 aliphatic carbocycles. The van der Waals surface area contributed by atoms with Gasteiger partial charge < -0.3 is 9.64 Å². The van der Waals surface area contributed by atoms with Crippen molar-refractivity contribution in [2.24, 2.45) is 0 Å². The van der Waals surface area contributed by atoms with E-state index in [1.165, 1.54) is 12.1 Å². The predicted molar refractivity (Wildman–Crippen MR) is 106 cm³/mol. The van der Waals surface area contributed by atoms with Gasteiger partial charge in [0.25, 0.3) is 0 Å². The molecule has 1 amide bonds. The molecule has 0 bridgehead atoms. The summed E-state index contributed by atoms with van der Waals surface area (Å²) in [7, 11) is 1.66. The molecule has 148 valence electrons. The first kappa shape index (κ1) is 18.9. The summed E-state index contributed by atoms with van der Waals surface area (Å²) in [6, 6.07) is 15.4. The molecule has 0 N–H and O–H groups in total. The molecule has 2 aromatic carbocycles. The van der Waals surface area contributed by atoms with Gasteiger partial charge in [0.2, 0.25) is 5.91 Å². The first-order valence-corrected chi connectivity index (χ1v) is 10.0. The standard InChI is InChI=1S/C23H27FN2O2/c1-28-22-12-4-18(5-13-22)15-26(21-10-11-21)23(27)16-25(20-8-9-20)14-17-2-6-19(24)7-3-17/h2-7,12-13,20-21H,8-11,14-16H2,1H3. The molecule has 5 heteroatoms. The molecule has 0 aliphatic heterocycles. The van der Waals surface area contributed by atoms with E-state index < -0.39 is 0 Å². The molecule has 28 heavy (non-hydrogen) atoms. The number of carbonyl (C=O) groups is 1. The van der Waals surface area contributed by atoms with Crippen LogP contribution in [0.3, 0.4) is 0 Å². The van der Waals surface area contributed by atoms with Crippen LogP contribution in [-0.4, -0.2) is 41.4 Å². The first-order valence-electron chi connectivity index (χ1n) is 10.0. The normalized spacial score (nSPS) is 16.2. The number of carbonyl (C=O) groups excluding carboxylic acids is 1. The van der Waals surface area contributed by atoms with Crippen LogP contribution in [0.25, 0.3) is 0 Å². The number of hydrogen-bond acceptors (Lipinski definition) is 3. The topological polar surface area (TPSA) is 32.8 Å². The Morgan fingerprint density at radius 2 is 1.50 bits per heavy atom. The Bertz CT molecular complexity index is 798. The Kier molecular flexibility index (Phi) is 5.62. The fourth-order valence-corrected chi connectivity index (χ4v) is 3.58. The maximum Gasteiger partial charge on any atom is 0.237 e. The zero-order valence-electron chi connectivity index (χ0n) is 16.3. The number of halogens is 1. The SMILES string of the molecule is COc1ccc(CN(C(=O)CN(Cc2ccc(F)cc2)C2CC2)C2CC2)cc1. The molecule has 2 aliphatic rings. The largest absolute Gasteiger partial charge is 0.497 e. The van der Waals surface area contributed by atoms with E-state index in [-0.39, 0.29) is 11.7 Å². The zero-order valence-corrected chi connectivity index (χ0v) is 16.3. The Labute approximate surface area is 165 Å². The third kappa shape index (κ3) is 4.90. The van der Waals surface area contributed by atoms with Gasteiger partial charge in [0.1, 0.15) is 11.6 Å². The van der Waals surface area contributed by atoms with Crippen molar-refractivity contribution in [2.75, 3.05) is 13.7 Å². The Morgan fingerprint density at radius 1 is 0.929 bits per heavy atom. The number of nitrogens with zero attached hydrogens (tertiary/aromatic N) is 2. The van der Waals surface area contributed by atoms with E-state index in [0.717, 1.165) is 42.6 Å². The van der Waals surface area contributed by atoms with Crippen molar-refractivity contribution in [3.05, 3.63) is 65.5 Å². The van der Waals surface area contributed by atoms with Gasteiger partial charge in [0.15, 0.2) is 0 Å². The minimum atomic E-state index is -0.225. The van der Waals surface area contributed by atoms with Gasteiger partial charge in [0.05, 0.1) is 13.7 Å². The lowest BCUT2D eigenvalue weighted by Crippen LogP contribution is -2.41. The summed E-state index contributed by atoms with van der Waals surface area (Å²) in [6.07, 6.45) is 4.44. The van der Waals surface area contributed by atoms with E-state index in [4.69, 9.17) is 4.74 Å². The lowest BCUT2D eigenvalue weighted by Gasteiger charge is -2.28. The van der Waals surface area contributed by atoms with Crippen molar-refractivity contribution >= 4 is 5.91 Å². The van der Waals surface area contributed by atoms with Crippen LogP contribution < -0.4 is 4.74 Å². The predicted octanol–water partition coefficient (Wildman–Crippen LogP) is 3.99. The molecule has 2 aromatic rings. The van der Waals surface area contributed by atoms with Crippen LogP contribution in [0.15, 0.2) is 48.5 Å². The lowest BCUT2D eigenvalue weighted by molar-refractivity contribution is -0.134. The number of ether oxygens (including phenoxy) is 1. The molecule has 0 spiro atoms. The molecule has 0 aromatic heterocycles. The van der Waals surface area contributed by atoms with E-state index in [0.29, 0.717) is 31.7 Å². The van der Waals surface area contributed by atoms with Crippen molar-refractivity contribution in [1.82, 2.24) is 9.80 Å². The van der Waals surface area contributed by atoms with Crippen molar-refractivity contribution in [3.63, 3.8) is 0 Å². The minimum Gasteiger partial charge on any atom is -0.497 e. The number of hydrogen-bond donors (Lipinski definition) is 0. The molecule has 0 heterocycles. The Hall–Kier alpha value is -2.40. The quantitative estimate of drug-likeness (QED) is 0.657. The van der Waals surface area contributed by atoms with E-state index in [1.807, 2.05) is 41.3 Å². The van der Waals surface area contributed by atoms with Crippen molar-refractivity contribution in [3.8, 4) is 5.75 Å². The van der Waals surface area contributed by atoms with E-state index in [2.05, 4.69) is 4.90 Å². The van der Waals surface area contributed by atoms with Gasteiger partial charge in [-0.25, -0.2) is 4.39 Å². The molecule has 0 saturated heterocycles. The highest BCUT2D eigenvalue weighted by Crippen LogP contribution is 2.31. The lowest BCUT2D eigenvalue weighted by atomic mass is 10.2. The number of methoxy groups -OCH3 is 1. The summed E-state index contributed by atoms with van der Waals surface area (Å²) < 4.78 is 18.4. The number of rotatable bonds is 9. The second-order valence-corrected chi connectivity index (χ2v) is 7.86. The summed E-state index contributed by atoms with van der Waals surface area (Å²) in [4.78, 5) is 17.4. The second kappa shape index (κ2) is 8.31. The van der Waals surface area contributed by atoms with Crippen molar-refractivity contribution < 1.29 is 13.9 Å². The smallest absolute Gasteiger partial charge is 0.237 e. The summed E-state index contributed by atoms with van der Waals surface area (Å²) in [5.74, 6) is 0.789. The molecule has 0 unspecified atom stereocenters. The third-order valence-corrected chi connectivity index (χ3v) is 5.52. The molecule has 2 fully saturated rings. The van der Waals surface area contributed by atoms with Crippen LogP contribution in [0.4, 0.5) is 4.39 Å². The van der Waals surface area contributed by atoms with E-state index in [1.54, 1.807) is 7.11 Å². The van der Waals surface area contributed by atoms with Crippen LogP contribution in [0.1, 0.15) is 36.8 Å². The van der Waals surface area contributed by atoms with Gasteiger partial charge in [-0.3, -0.25) is 9.69 Å². The van der Waals surface area contributed by atoms with Gasteiger partial charge >= 0.3 is 0 Å². The summed E-state index contributed by atoms with van der Waals surface area (Å²) in [6.45, 7) is 1.76. The Balaban J connectivity index is 1.41. The van der Waals surface area contributed by atoms with Crippen LogP contribution in [0, 0.1) is 5.82 Å². The summed E-state index contributed by atoms with van der Waals surface area (Å²) in [5, 5.41) is 0. The monoisotopic (exact) mass is 382 g/mol. The van der Waals surface area contributed by atoms with Gasteiger partial charge in [-0.15, -0.1) is 0 Å². The molecular formula is C23H27FN2O2. The molecular weight excluding hydrogens is 355 g/mol. The van der Waals surface area contributed by atoms with E-state index in [9.17, 15) is 9.18 Å². The average molecular weight is 382 g/mol. The molecule has 0 atom stereocenters. The highest BCUT2D eigenvalue weighted by atomic mass is 19.1. The van der Waals surface area contributed by atoms with Crippen LogP contribution in [-0.2, 0) is 17.9 Å². The molecule has 2 saturated carbocycles. The Morgan fingerprint density at radius 3 is 2.07 bits per heavy atom. The zero-order chi connectivity index (χ0) is 19.5. The van der Waals surface area contributed by atoms with Gasteiger partial charge in [-0.1, -0.05) is 24.3 Å². The highest BCUT2D eigenvalue weighted by Gasteiger charge is 2.36. The van der Waals surface area contributed by atoms with Gasteiger partial charge in [-0.2, -0.15) is 0 Å². The molecule has 4 rings (SSSR count). The van der Waals surface area contributed by atoms with Crippen LogP contribution >= 0.6 is 0 Å². The maximum atomic E-state index is 13.2. The average Bonchev–Trinajstić information content (AvgIpc) is 3.60. The van der Waals surface area contributed by atoms with Crippen LogP contribution in [0.2, 0.25) is 0 Å². The van der Waals surface area contributed by atoms with Crippen molar-refractivity contribution in [2.45, 2.75) is 50.9 Å². The summed E-state index contributed by atoms with van der Waals surface area (Å²) >= 11 is 0. The van der Waals surface area contributed by atoms with Crippen molar-refractivity contribution in [1.29, 1.82) is 0 Å². The highest BCUT2D eigenvalue weighted by molar-refractivity contribution is 5.79. The minimum absolute atomic E-state index is 0.187. The van der Waals surface area contributed by atoms with Crippen LogP contribution in [0.5, 0.6) is 5.75 Å². The second-order valence-electron chi connectivity index (χ2n) is 7.86. The van der Waals surface area contributed by atoms with Gasteiger partial charge in [0, 0.05) is 25.2 Å². The first-order chi connectivity index (χ1) is 13.6. The third-order valence-electron chi connectivity index (χ3n) is 5.52. The fraction of sp³-hybridized carbons (Fsp3) is 0.435. The summed E-state index contributed by atoms with van der Waals surface area (Å²) in [5.41, 5.74) is 2.17. The number of benzene rings is 2. The fourth-order valence-electron chi connectivity index (χ4n) is 3.58. The molecule has 4 nitrogen and oxygen atoms in total. The number of amides is 1.